The number of benzene rings is 3. The zero-order valence-electron chi connectivity index (χ0n) is 12.6. The average molecular weight is 354 g/mol. The van der Waals surface area contributed by atoms with E-state index in [1.54, 1.807) is 30.3 Å². The molecular formula is C18H10O6S. The first-order valence-electron chi connectivity index (χ1n) is 7.26. The molecule has 3 aromatic carbocycles. The largest absolute Gasteiger partial charge is 0.386 e. The highest BCUT2D eigenvalue weighted by Crippen LogP contribution is 2.36. The van der Waals surface area contributed by atoms with Gasteiger partial charge in [-0.1, -0.05) is 30.3 Å². The van der Waals surface area contributed by atoms with Gasteiger partial charge in [-0.05, 0) is 35.4 Å². The van der Waals surface area contributed by atoms with E-state index in [1.165, 1.54) is 12.1 Å². The predicted octanol–water partition coefficient (Wildman–Crippen LogP) is 3.06. The van der Waals surface area contributed by atoms with Gasteiger partial charge in [0.1, 0.15) is 4.90 Å². The normalized spacial score (nSPS) is 13.8. The minimum atomic E-state index is -4.54. The fourth-order valence-corrected chi connectivity index (χ4v) is 3.69. The summed E-state index contributed by atoms with van der Waals surface area (Å²) in [5.74, 6) is -1.70. The maximum atomic E-state index is 12.2. The lowest BCUT2D eigenvalue weighted by atomic mass is 9.92. The van der Waals surface area contributed by atoms with Crippen LogP contribution in [-0.2, 0) is 14.9 Å². The third kappa shape index (κ3) is 2.41. The molecule has 124 valence electrons. The van der Waals surface area contributed by atoms with Gasteiger partial charge in [0, 0.05) is 10.8 Å². The molecule has 0 bridgehead atoms. The Balaban J connectivity index is 2.19. The summed E-state index contributed by atoms with van der Waals surface area (Å²) < 4.78 is 37.7. The first kappa shape index (κ1) is 15.5. The molecule has 0 saturated heterocycles. The van der Waals surface area contributed by atoms with E-state index in [9.17, 15) is 22.6 Å². The third-order valence-corrected chi connectivity index (χ3v) is 5.00. The van der Waals surface area contributed by atoms with Crippen molar-refractivity contribution in [2.45, 2.75) is 4.90 Å². The van der Waals surface area contributed by atoms with E-state index >= 15 is 0 Å². The molecule has 4 rings (SSSR count). The van der Waals surface area contributed by atoms with Crippen LogP contribution in [0, 0.1) is 0 Å². The fourth-order valence-electron chi connectivity index (χ4n) is 3.01. The highest BCUT2D eigenvalue weighted by Gasteiger charge is 2.30. The summed E-state index contributed by atoms with van der Waals surface area (Å²) >= 11 is 0. The van der Waals surface area contributed by atoms with Gasteiger partial charge in [0.25, 0.3) is 10.1 Å². The molecule has 0 fully saturated rings. The van der Waals surface area contributed by atoms with E-state index in [0.717, 1.165) is 11.6 Å². The zero-order chi connectivity index (χ0) is 17.8. The molecule has 0 aliphatic carbocycles. The lowest BCUT2D eigenvalue weighted by Gasteiger charge is -2.18. The number of carbonyl (C=O) groups is 2. The summed E-state index contributed by atoms with van der Waals surface area (Å²) in [6, 6.07) is 14.4. The monoisotopic (exact) mass is 354 g/mol. The van der Waals surface area contributed by atoms with Crippen LogP contribution < -0.4 is 0 Å². The Hall–Kier alpha value is -3.03. The summed E-state index contributed by atoms with van der Waals surface area (Å²) in [5.41, 5.74) is 1.47. The fraction of sp³-hybridized carbons (Fsp3) is 0. The van der Waals surface area contributed by atoms with E-state index < -0.39 is 22.1 Å². The zero-order valence-corrected chi connectivity index (χ0v) is 13.4. The molecule has 0 spiro atoms. The van der Waals surface area contributed by atoms with E-state index in [-0.39, 0.29) is 26.8 Å². The average Bonchev–Trinajstić information content (AvgIpc) is 2.58. The second-order valence-electron chi connectivity index (χ2n) is 5.58. The highest BCUT2D eigenvalue weighted by molar-refractivity contribution is 7.86. The Labute approximate surface area is 142 Å². The molecule has 1 N–H and O–H groups in total. The molecule has 25 heavy (non-hydrogen) atoms. The van der Waals surface area contributed by atoms with Gasteiger partial charge >= 0.3 is 11.9 Å². The SMILES string of the molecule is O=C1OC(=O)c2cc(-c3ccccc3)cc3c(S(=O)(=O)O)ccc1c23. The van der Waals surface area contributed by atoms with Crippen LogP contribution in [0.1, 0.15) is 20.7 Å². The van der Waals surface area contributed by atoms with Crippen molar-refractivity contribution in [3.05, 3.63) is 65.7 Å². The van der Waals surface area contributed by atoms with Crippen molar-refractivity contribution in [2.24, 2.45) is 0 Å². The molecule has 0 amide bonds. The Morgan fingerprint density at radius 2 is 1.48 bits per heavy atom. The van der Waals surface area contributed by atoms with E-state index in [0.29, 0.717) is 5.56 Å². The molecule has 7 heteroatoms. The Morgan fingerprint density at radius 3 is 2.16 bits per heavy atom. The van der Waals surface area contributed by atoms with Gasteiger partial charge in [0.2, 0.25) is 0 Å². The van der Waals surface area contributed by atoms with Crippen molar-refractivity contribution in [3.8, 4) is 11.1 Å². The van der Waals surface area contributed by atoms with Crippen LogP contribution in [0.2, 0.25) is 0 Å². The quantitative estimate of drug-likeness (QED) is 0.431. The molecule has 6 nitrogen and oxygen atoms in total. The number of cyclic esters (lactones) is 2. The van der Waals surface area contributed by atoms with E-state index in [1.807, 2.05) is 6.07 Å². The topological polar surface area (TPSA) is 97.7 Å². The Morgan fingerprint density at radius 1 is 0.800 bits per heavy atom. The lowest BCUT2D eigenvalue weighted by molar-refractivity contribution is 0.0391. The molecule has 3 aromatic rings. The minimum absolute atomic E-state index is 0.0800. The number of hydrogen-bond acceptors (Lipinski definition) is 5. The van der Waals surface area contributed by atoms with E-state index in [2.05, 4.69) is 0 Å². The second kappa shape index (κ2) is 5.23. The standard InChI is InChI=1S/C18H10O6S/c19-17-12-6-7-15(25(21,22)23)13-8-11(10-4-2-1-3-5-10)9-14(16(12)13)18(20)24-17/h1-9H,(H,21,22,23). The van der Waals surface area contributed by atoms with Crippen LogP contribution >= 0.6 is 0 Å². The van der Waals surface area contributed by atoms with Gasteiger partial charge < -0.3 is 4.74 Å². The molecule has 1 heterocycles. The maximum Gasteiger partial charge on any atom is 0.346 e. The number of ether oxygens (including phenoxy) is 1. The second-order valence-corrected chi connectivity index (χ2v) is 6.97. The Kier molecular flexibility index (Phi) is 3.24. The first-order valence-corrected chi connectivity index (χ1v) is 8.70. The van der Waals surface area contributed by atoms with Gasteiger partial charge in [-0.3, -0.25) is 4.55 Å². The van der Waals surface area contributed by atoms with Crippen molar-refractivity contribution < 1.29 is 27.3 Å². The van der Waals surface area contributed by atoms with Crippen molar-refractivity contribution in [3.63, 3.8) is 0 Å². The van der Waals surface area contributed by atoms with Crippen molar-refractivity contribution in [1.82, 2.24) is 0 Å². The Bertz CT molecular complexity index is 1160. The van der Waals surface area contributed by atoms with Gasteiger partial charge in [0.15, 0.2) is 0 Å². The van der Waals surface area contributed by atoms with Crippen LogP contribution in [0.15, 0.2) is 59.5 Å². The number of rotatable bonds is 2. The molecule has 0 aromatic heterocycles. The number of carbonyl (C=O) groups excluding carboxylic acids is 2. The maximum absolute atomic E-state index is 12.2. The van der Waals surface area contributed by atoms with Gasteiger partial charge in [0.05, 0.1) is 11.1 Å². The summed E-state index contributed by atoms with van der Waals surface area (Å²) in [7, 11) is -4.54. The summed E-state index contributed by atoms with van der Waals surface area (Å²) in [5, 5.41) is 0.261. The van der Waals surface area contributed by atoms with Crippen LogP contribution in [0.4, 0.5) is 0 Å². The van der Waals surface area contributed by atoms with Crippen LogP contribution in [-0.4, -0.2) is 24.9 Å². The molecule has 0 radical (unpaired) electrons. The molecule has 0 saturated carbocycles. The number of hydrogen-bond donors (Lipinski definition) is 1. The van der Waals surface area contributed by atoms with Crippen molar-refractivity contribution in [1.29, 1.82) is 0 Å². The van der Waals surface area contributed by atoms with Crippen molar-refractivity contribution >= 4 is 32.8 Å². The third-order valence-electron chi connectivity index (χ3n) is 4.08. The van der Waals surface area contributed by atoms with Crippen LogP contribution in [0.3, 0.4) is 0 Å². The van der Waals surface area contributed by atoms with Crippen LogP contribution in [0.5, 0.6) is 0 Å². The van der Waals surface area contributed by atoms with Gasteiger partial charge in [-0.2, -0.15) is 8.42 Å². The molecule has 0 atom stereocenters. The van der Waals surface area contributed by atoms with Crippen LogP contribution in [0.25, 0.3) is 21.9 Å². The predicted molar refractivity (Wildman–Crippen MR) is 88.9 cm³/mol. The molecule has 0 unspecified atom stereocenters. The van der Waals surface area contributed by atoms with Gasteiger partial charge in [-0.15, -0.1) is 0 Å². The lowest BCUT2D eigenvalue weighted by Crippen LogP contribution is -2.20. The summed E-state index contributed by atoms with van der Waals surface area (Å²) in [6.45, 7) is 0. The van der Waals surface area contributed by atoms with Gasteiger partial charge in [-0.25, -0.2) is 9.59 Å². The molecule has 1 aliphatic rings. The minimum Gasteiger partial charge on any atom is -0.386 e. The highest BCUT2D eigenvalue weighted by atomic mass is 32.2. The summed E-state index contributed by atoms with van der Waals surface area (Å²) in [4.78, 5) is 23.7. The number of esters is 2. The molecule has 1 aliphatic heterocycles. The van der Waals surface area contributed by atoms with Crippen molar-refractivity contribution in [2.75, 3.05) is 0 Å². The molecular weight excluding hydrogens is 344 g/mol. The first-order chi connectivity index (χ1) is 11.9. The smallest absolute Gasteiger partial charge is 0.346 e. The summed E-state index contributed by atoms with van der Waals surface area (Å²) in [6.07, 6.45) is 0. The van der Waals surface area contributed by atoms with E-state index in [4.69, 9.17) is 4.74 Å².